The molecule has 2 aromatic rings. The van der Waals surface area contributed by atoms with Gasteiger partial charge in [0.15, 0.2) is 5.75 Å². The van der Waals surface area contributed by atoms with Gasteiger partial charge < -0.3 is 19.3 Å². The lowest BCUT2D eigenvalue weighted by molar-refractivity contribution is 0.0508. The van der Waals surface area contributed by atoms with Crippen LogP contribution in [0.25, 0.3) is 11.5 Å². The minimum atomic E-state index is -0.605. The Labute approximate surface area is 114 Å². The lowest BCUT2D eigenvalue weighted by atomic mass is 10.1. The van der Waals surface area contributed by atoms with E-state index in [-0.39, 0.29) is 18.3 Å². The van der Waals surface area contributed by atoms with Gasteiger partial charge in [0.2, 0.25) is 0 Å². The number of rotatable bonds is 3. The van der Waals surface area contributed by atoms with Crippen molar-refractivity contribution in [1.29, 1.82) is 0 Å². The first kappa shape index (κ1) is 12.5. The number of nitrogens with zero attached hydrogens (tertiary/aromatic N) is 2. The molecule has 0 saturated heterocycles. The van der Waals surface area contributed by atoms with E-state index in [1.54, 1.807) is 13.0 Å². The average Bonchev–Trinajstić information content (AvgIpc) is 2.97. The van der Waals surface area contributed by atoms with Crippen molar-refractivity contribution in [2.45, 2.75) is 6.92 Å². The Kier molecular flexibility index (Phi) is 3.24. The number of benzene rings is 1. The lowest BCUT2D eigenvalue weighted by Gasteiger charge is -2.20. The van der Waals surface area contributed by atoms with Crippen LogP contribution in [0.2, 0.25) is 0 Å². The van der Waals surface area contributed by atoms with Crippen LogP contribution in [0.15, 0.2) is 22.7 Å². The third-order valence-electron chi connectivity index (χ3n) is 2.79. The predicted octanol–water partition coefficient (Wildman–Crippen LogP) is 1.72. The zero-order chi connectivity index (χ0) is 13.9. The van der Waals surface area contributed by atoms with E-state index in [9.17, 15) is 4.79 Å². The molecule has 104 valence electrons. The van der Waals surface area contributed by atoms with Crippen LogP contribution in [0.3, 0.4) is 0 Å². The Morgan fingerprint density at radius 3 is 3.25 bits per heavy atom. The van der Waals surface area contributed by atoms with E-state index >= 15 is 0 Å². The third kappa shape index (κ3) is 2.18. The molecule has 0 unspecified atom stereocenters. The Morgan fingerprint density at radius 2 is 2.40 bits per heavy atom. The van der Waals surface area contributed by atoms with Crippen LogP contribution in [0.4, 0.5) is 5.69 Å². The normalized spacial score (nSPS) is 13.1. The van der Waals surface area contributed by atoms with Crippen LogP contribution in [0.5, 0.6) is 5.75 Å². The molecule has 0 bridgehead atoms. The highest BCUT2D eigenvalue weighted by molar-refractivity contribution is 5.85. The second kappa shape index (κ2) is 5.20. The zero-order valence-corrected chi connectivity index (χ0v) is 10.9. The second-order valence-electron chi connectivity index (χ2n) is 4.10. The number of hydrogen-bond acceptors (Lipinski definition) is 7. The summed E-state index contributed by atoms with van der Waals surface area (Å²) in [5.74, 6) is 0.181. The van der Waals surface area contributed by atoms with Gasteiger partial charge in [-0.05, 0) is 24.2 Å². The minimum absolute atomic E-state index is 0.0942. The van der Waals surface area contributed by atoms with Crippen LogP contribution < -0.4 is 10.1 Å². The molecule has 0 aliphatic carbocycles. The summed E-state index contributed by atoms with van der Waals surface area (Å²) < 4.78 is 15.6. The van der Waals surface area contributed by atoms with E-state index in [0.29, 0.717) is 17.9 Å². The molecule has 1 N–H and O–H groups in total. The SMILES string of the molecule is CCOC(=O)c1noc(-c2cccc3c2OCCN3)n1. The summed E-state index contributed by atoms with van der Waals surface area (Å²) in [4.78, 5) is 15.6. The fourth-order valence-electron chi connectivity index (χ4n) is 1.95. The third-order valence-corrected chi connectivity index (χ3v) is 2.79. The number of ether oxygens (including phenoxy) is 2. The van der Waals surface area contributed by atoms with Crippen LogP contribution in [0, 0.1) is 0 Å². The molecule has 0 radical (unpaired) electrons. The van der Waals surface area contributed by atoms with Crippen molar-refractivity contribution in [1.82, 2.24) is 10.1 Å². The van der Waals surface area contributed by atoms with E-state index in [1.165, 1.54) is 0 Å². The molecule has 1 aliphatic rings. The van der Waals surface area contributed by atoms with Crippen LogP contribution >= 0.6 is 0 Å². The van der Waals surface area contributed by atoms with Crippen LogP contribution in [0.1, 0.15) is 17.5 Å². The van der Waals surface area contributed by atoms with Crippen molar-refractivity contribution < 1.29 is 18.8 Å². The molecule has 3 rings (SSSR count). The monoisotopic (exact) mass is 275 g/mol. The van der Waals surface area contributed by atoms with Gasteiger partial charge in [-0.3, -0.25) is 0 Å². The predicted molar refractivity (Wildman–Crippen MR) is 69.7 cm³/mol. The van der Waals surface area contributed by atoms with Crippen LogP contribution in [-0.2, 0) is 4.74 Å². The standard InChI is InChI=1S/C13H13N3O4/c1-2-18-13(17)11-15-12(20-16-11)8-4-3-5-9-10(8)19-7-6-14-9/h3-5,14H,2,6-7H2,1H3. The number of para-hydroxylation sites is 1. The molecule has 0 spiro atoms. The number of carbonyl (C=O) groups excluding carboxylic acids is 1. The summed E-state index contributed by atoms with van der Waals surface area (Å²) >= 11 is 0. The van der Waals surface area contributed by atoms with Crippen molar-refractivity contribution in [3.05, 3.63) is 24.0 Å². The number of anilines is 1. The van der Waals surface area contributed by atoms with Crippen LogP contribution in [-0.4, -0.2) is 35.9 Å². The number of fused-ring (bicyclic) bond motifs is 1. The summed E-state index contributed by atoms with van der Waals surface area (Å²) in [5, 5.41) is 6.84. The average molecular weight is 275 g/mol. The van der Waals surface area contributed by atoms with E-state index in [1.807, 2.05) is 12.1 Å². The molecular formula is C13H13N3O4. The fraction of sp³-hybridized carbons (Fsp3) is 0.308. The number of hydrogen-bond donors (Lipinski definition) is 1. The zero-order valence-electron chi connectivity index (χ0n) is 10.9. The number of nitrogens with one attached hydrogen (secondary N) is 1. The molecule has 0 saturated carbocycles. The largest absolute Gasteiger partial charge is 0.489 e. The van der Waals surface area contributed by atoms with E-state index in [2.05, 4.69) is 15.5 Å². The summed E-state index contributed by atoms with van der Waals surface area (Å²) in [6, 6.07) is 5.55. The van der Waals surface area contributed by atoms with Crippen molar-refractivity contribution in [2.24, 2.45) is 0 Å². The van der Waals surface area contributed by atoms with Gasteiger partial charge >= 0.3 is 5.97 Å². The molecule has 2 heterocycles. The Bertz CT molecular complexity index is 638. The Balaban J connectivity index is 1.96. The molecule has 20 heavy (non-hydrogen) atoms. The van der Waals surface area contributed by atoms with E-state index in [4.69, 9.17) is 14.0 Å². The first-order valence-corrected chi connectivity index (χ1v) is 6.30. The van der Waals surface area contributed by atoms with Gasteiger partial charge in [-0.25, -0.2) is 4.79 Å². The van der Waals surface area contributed by atoms with Crippen molar-refractivity contribution >= 4 is 11.7 Å². The molecule has 1 aromatic carbocycles. The summed E-state index contributed by atoms with van der Waals surface area (Å²) in [6.07, 6.45) is 0. The van der Waals surface area contributed by atoms with Gasteiger partial charge in [0.25, 0.3) is 11.7 Å². The van der Waals surface area contributed by atoms with E-state index in [0.717, 1.165) is 12.2 Å². The first-order valence-electron chi connectivity index (χ1n) is 6.30. The van der Waals surface area contributed by atoms with Crippen molar-refractivity contribution in [2.75, 3.05) is 25.1 Å². The molecule has 0 amide bonds. The Hall–Kier alpha value is -2.57. The molecule has 0 atom stereocenters. The van der Waals surface area contributed by atoms with Gasteiger partial charge in [-0.2, -0.15) is 4.98 Å². The number of carbonyl (C=O) groups is 1. The molecule has 7 nitrogen and oxygen atoms in total. The van der Waals surface area contributed by atoms with E-state index < -0.39 is 5.97 Å². The maximum Gasteiger partial charge on any atom is 0.379 e. The van der Waals surface area contributed by atoms with Crippen molar-refractivity contribution in [3.63, 3.8) is 0 Å². The molecule has 1 aliphatic heterocycles. The first-order chi connectivity index (χ1) is 9.79. The maximum absolute atomic E-state index is 11.5. The smallest absolute Gasteiger partial charge is 0.379 e. The molecule has 1 aromatic heterocycles. The maximum atomic E-state index is 11.5. The van der Waals surface area contributed by atoms with Gasteiger partial charge in [0, 0.05) is 6.54 Å². The molecular weight excluding hydrogens is 262 g/mol. The van der Waals surface area contributed by atoms with Gasteiger partial charge in [0.1, 0.15) is 6.61 Å². The highest BCUT2D eigenvalue weighted by atomic mass is 16.5. The quantitative estimate of drug-likeness (QED) is 0.853. The number of esters is 1. The molecule has 0 fully saturated rings. The Morgan fingerprint density at radius 1 is 1.50 bits per heavy atom. The summed E-state index contributed by atoms with van der Waals surface area (Å²) in [7, 11) is 0. The highest BCUT2D eigenvalue weighted by Crippen LogP contribution is 2.37. The summed E-state index contributed by atoms with van der Waals surface area (Å²) in [5.41, 5.74) is 1.52. The minimum Gasteiger partial charge on any atom is -0.489 e. The lowest BCUT2D eigenvalue weighted by Crippen LogP contribution is -2.18. The summed E-state index contributed by atoms with van der Waals surface area (Å²) in [6.45, 7) is 3.28. The van der Waals surface area contributed by atoms with Gasteiger partial charge in [0.05, 0.1) is 17.9 Å². The van der Waals surface area contributed by atoms with Crippen molar-refractivity contribution in [3.8, 4) is 17.2 Å². The second-order valence-corrected chi connectivity index (χ2v) is 4.10. The fourth-order valence-corrected chi connectivity index (χ4v) is 1.95. The highest BCUT2D eigenvalue weighted by Gasteiger charge is 2.22. The topological polar surface area (TPSA) is 86.5 Å². The van der Waals surface area contributed by atoms with Gasteiger partial charge in [-0.15, -0.1) is 0 Å². The van der Waals surface area contributed by atoms with Gasteiger partial charge in [-0.1, -0.05) is 6.07 Å². The molecule has 7 heteroatoms. The number of aromatic nitrogens is 2.